The van der Waals surface area contributed by atoms with E-state index in [9.17, 15) is 14.4 Å². The summed E-state index contributed by atoms with van der Waals surface area (Å²) in [5, 5.41) is 8.51. The Morgan fingerprint density at radius 2 is 1.52 bits per heavy atom. The van der Waals surface area contributed by atoms with Crippen LogP contribution in [0, 0.1) is 10.8 Å². The maximum Gasteiger partial charge on any atom is 0.313 e. The number of carbonyl (C=O) groups is 3. The molecule has 0 radical (unpaired) electrons. The molecule has 254 valence electrons. The Morgan fingerprint density at radius 3 is 2.15 bits per heavy atom. The molecule has 13 heteroatoms. The number of nitrogens with zero attached hydrogens (tertiary/aromatic N) is 3. The molecule has 2 heterocycles. The first-order valence-corrected chi connectivity index (χ1v) is 17.4. The lowest BCUT2D eigenvalue weighted by atomic mass is 9.98. The van der Waals surface area contributed by atoms with Gasteiger partial charge in [0.2, 0.25) is 0 Å². The third-order valence-corrected chi connectivity index (χ3v) is 9.19. The Balaban J connectivity index is 1.44. The molecule has 1 N–H and O–H groups in total. The number of nitrogens with one attached hydrogen (secondary N) is 1. The number of ether oxygens (including phenoxy) is 2. The van der Waals surface area contributed by atoms with Crippen molar-refractivity contribution in [2.24, 2.45) is 10.8 Å². The molecule has 2 aromatic carbocycles. The first-order valence-electron chi connectivity index (χ1n) is 15.2. The van der Waals surface area contributed by atoms with Crippen molar-refractivity contribution in [3.63, 3.8) is 0 Å². The maximum atomic E-state index is 13.7. The molecule has 0 aliphatic carbocycles. The van der Waals surface area contributed by atoms with Gasteiger partial charge in [-0.05, 0) is 96.2 Å². The topological polar surface area (TPSA) is 133 Å². The molecule has 0 fully saturated rings. The largest absolute Gasteiger partial charge is 0.438 e. The summed E-state index contributed by atoms with van der Waals surface area (Å²) >= 11 is 1.46. The van der Waals surface area contributed by atoms with Crippen molar-refractivity contribution in [3.8, 4) is 0 Å². The minimum Gasteiger partial charge on any atom is -0.438 e. The highest BCUT2D eigenvalue weighted by molar-refractivity contribution is 7.99. The zero-order valence-corrected chi connectivity index (χ0v) is 29.9. The maximum absolute atomic E-state index is 13.7. The van der Waals surface area contributed by atoms with Crippen molar-refractivity contribution in [2.45, 2.75) is 51.3 Å². The molecular weight excluding hydrogens is 651 g/mol. The van der Waals surface area contributed by atoms with Crippen LogP contribution in [0.2, 0.25) is 0 Å². The summed E-state index contributed by atoms with van der Waals surface area (Å²) in [6.45, 7) is 9.64. The number of H-pyrrole nitrogens is 1. The number of aromatic nitrogens is 3. The summed E-state index contributed by atoms with van der Waals surface area (Å²) in [7, 11) is -0.196. The summed E-state index contributed by atoms with van der Waals surface area (Å²) in [5.74, 6) is -1.16. The quantitative estimate of drug-likeness (QED) is 0.0843. The third-order valence-electron chi connectivity index (χ3n) is 6.68. The van der Waals surface area contributed by atoms with Gasteiger partial charge in [-0.3, -0.25) is 33.5 Å². The Morgan fingerprint density at radius 1 is 0.875 bits per heavy atom. The molecule has 0 bridgehead atoms. The van der Waals surface area contributed by atoms with Crippen molar-refractivity contribution < 1.29 is 32.9 Å². The normalized spacial score (nSPS) is 12.1. The molecule has 11 nitrogen and oxygen atoms in total. The summed E-state index contributed by atoms with van der Waals surface area (Å²) < 4.78 is 22.0. The fourth-order valence-corrected chi connectivity index (χ4v) is 6.01. The fraction of sp³-hybridized carbons (Fsp3) is 0.343. The number of pyridine rings is 1. The Kier molecular flexibility index (Phi) is 12.5. The number of aromatic amines is 1. The lowest BCUT2D eigenvalue weighted by molar-refractivity contribution is -0.161. The van der Waals surface area contributed by atoms with E-state index in [1.807, 2.05) is 60.7 Å². The predicted octanol–water partition coefficient (Wildman–Crippen LogP) is 7.75. The lowest BCUT2D eigenvalue weighted by Crippen LogP contribution is -2.29. The molecule has 0 saturated carbocycles. The SMILES string of the molecule is CN(CP(OCOC(=O)C(C)(C)C)OCOC(=O)C(C)(C)C)C(=O)c1ccccc1Sc1ccc2c(/C=C/c3ccccn3)n[nH]c2c1. The molecule has 0 aliphatic rings. The number of benzene rings is 2. The molecule has 0 spiro atoms. The van der Waals surface area contributed by atoms with Gasteiger partial charge in [0, 0.05) is 28.4 Å². The third kappa shape index (κ3) is 10.5. The van der Waals surface area contributed by atoms with Crippen LogP contribution in [0.3, 0.4) is 0 Å². The van der Waals surface area contributed by atoms with Crippen molar-refractivity contribution in [3.05, 3.63) is 83.8 Å². The lowest BCUT2D eigenvalue weighted by Gasteiger charge is -2.25. The predicted molar refractivity (Wildman–Crippen MR) is 187 cm³/mol. The van der Waals surface area contributed by atoms with E-state index in [-0.39, 0.29) is 25.8 Å². The number of hydrogen-bond acceptors (Lipinski definition) is 10. The summed E-state index contributed by atoms with van der Waals surface area (Å²) in [6.07, 6.45) is 5.61. The number of rotatable bonds is 13. The van der Waals surface area contributed by atoms with Crippen LogP contribution in [0.4, 0.5) is 0 Å². The molecule has 0 atom stereocenters. The molecule has 4 rings (SSSR count). The number of amides is 1. The molecule has 0 aliphatic heterocycles. The zero-order chi connectivity index (χ0) is 34.9. The van der Waals surface area contributed by atoms with E-state index in [0.29, 0.717) is 5.56 Å². The highest BCUT2D eigenvalue weighted by Gasteiger charge is 2.27. The van der Waals surface area contributed by atoms with Crippen molar-refractivity contribution >= 4 is 61.0 Å². The molecule has 0 saturated heterocycles. The Hall–Kier alpha value is -4.09. The van der Waals surface area contributed by atoms with Gasteiger partial charge in [-0.25, -0.2) is 0 Å². The summed E-state index contributed by atoms with van der Waals surface area (Å²) in [5.41, 5.74) is 1.55. The monoisotopic (exact) mass is 692 g/mol. The smallest absolute Gasteiger partial charge is 0.313 e. The molecule has 0 unspecified atom stereocenters. The standard InChI is InChI=1S/C35H41N4O7PS/c1-34(2,3)32(41)43-22-45-47(46-23-44-33(42)35(4,5)6)21-39(7)31(40)27-13-8-9-14-30(27)48-25-16-17-26-28(37-38-29(26)20-25)18-15-24-12-10-11-19-36-24/h8-20H,21-23H2,1-7H3,(H,37,38)/b18-15+. The minimum atomic E-state index is -1.83. The van der Waals surface area contributed by atoms with Gasteiger partial charge >= 0.3 is 11.9 Å². The van der Waals surface area contributed by atoms with Gasteiger partial charge in [0.05, 0.1) is 39.6 Å². The van der Waals surface area contributed by atoms with Gasteiger partial charge in [-0.15, -0.1) is 0 Å². The van der Waals surface area contributed by atoms with Gasteiger partial charge in [0.15, 0.2) is 22.0 Å². The van der Waals surface area contributed by atoms with Crippen LogP contribution in [-0.4, -0.2) is 64.8 Å². The van der Waals surface area contributed by atoms with Gasteiger partial charge in [0.1, 0.15) is 0 Å². The van der Waals surface area contributed by atoms with Crippen LogP contribution in [0.25, 0.3) is 23.1 Å². The second-order valence-corrected chi connectivity index (χ2v) is 15.4. The second kappa shape index (κ2) is 16.3. The number of carbonyl (C=O) groups excluding carboxylic acids is 3. The van der Waals surface area contributed by atoms with Crippen molar-refractivity contribution in [2.75, 3.05) is 26.9 Å². The van der Waals surface area contributed by atoms with E-state index in [1.165, 1.54) is 16.7 Å². The number of fused-ring (bicyclic) bond motifs is 1. The average Bonchev–Trinajstić information content (AvgIpc) is 3.45. The molecule has 2 aromatic heterocycles. The highest BCUT2D eigenvalue weighted by Crippen LogP contribution is 2.40. The van der Waals surface area contributed by atoms with Crippen LogP contribution in [0.5, 0.6) is 0 Å². The van der Waals surface area contributed by atoms with Gasteiger partial charge < -0.3 is 14.4 Å². The second-order valence-electron chi connectivity index (χ2n) is 12.8. The summed E-state index contributed by atoms with van der Waals surface area (Å²) in [4.78, 5) is 45.7. The highest BCUT2D eigenvalue weighted by atomic mass is 32.2. The first kappa shape index (κ1) is 36.7. The molecular formula is C35H41N4O7PS. The molecule has 4 aromatic rings. The van der Waals surface area contributed by atoms with E-state index in [2.05, 4.69) is 15.2 Å². The van der Waals surface area contributed by atoms with E-state index in [4.69, 9.17) is 18.5 Å². The van der Waals surface area contributed by atoms with E-state index >= 15 is 0 Å². The Bertz CT molecular complexity index is 1720. The van der Waals surface area contributed by atoms with Gasteiger partial charge in [0.25, 0.3) is 5.91 Å². The average molecular weight is 693 g/mol. The number of hydrogen-bond donors (Lipinski definition) is 1. The van der Waals surface area contributed by atoms with E-state index in [1.54, 1.807) is 66.9 Å². The van der Waals surface area contributed by atoms with Crippen LogP contribution < -0.4 is 0 Å². The van der Waals surface area contributed by atoms with Crippen LogP contribution in [0.15, 0.2) is 76.7 Å². The van der Waals surface area contributed by atoms with Gasteiger partial charge in [-0.2, -0.15) is 5.10 Å². The van der Waals surface area contributed by atoms with Crippen LogP contribution >= 0.6 is 20.1 Å². The zero-order valence-electron chi connectivity index (χ0n) is 28.2. The van der Waals surface area contributed by atoms with Crippen LogP contribution in [-0.2, 0) is 28.1 Å². The minimum absolute atomic E-state index is 0.0300. The Labute approximate surface area is 286 Å². The van der Waals surface area contributed by atoms with Crippen molar-refractivity contribution in [1.29, 1.82) is 0 Å². The van der Waals surface area contributed by atoms with E-state index in [0.717, 1.165) is 32.1 Å². The number of esters is 2. The van der Waals surface area contributed by atoms with Crippen molar-refractivity contribution in [1.82, 2.24) is 20.1 Å². The van der Waals surface area contributed by atoms with Crippen LogP contribution in [0.1, 0.15) is 63.3 Å². The molecule has 1 amide bonds. The van der Waals surface area contributed by atoms with Gasteiger partial charge in [-0.1, -0.05) is 30.0 Å². The fourth-order valence-electron chi connectivity index (χ4n) is 3.98. The van der Waals surface area contributed by atoms with E-state index < -0.39 is 31.1 Å². The first-order chi connectivity index (χ1) is 22.7. The summed E-state index contributed by atoms with van der Waals surface area (Å²) in [6, 6.07) is 19.0. The molecule has 48 heavy (non-hydrogen) atoms.